The molecule has 1 unspecified atom stereocenters. The van der Waals surface area contributed by atoms with Crippen molar-refractivity contribution >= 4 is 5.78 Å². The summed E-state index contributed by atoms with van der Waals surface area (Å²) >= 11 is 0. The molecule has 2 N–H and O–H groups in total. The molecule has 1 atom stereocenters. The molecule has 0 saturated heterocycles. The molecule has 0 fully saturated rings. The number of furan rings is 1. The van der Waals surface area contributed by atoms with Crippen molar-refractivity contribution in [1.29, 1.82) is 0 Å². The third kappa shape index (κ3) is 2.70. The second-order valence-corrected chi connectivity index (χ2v) is 3.90. The van der Waals surface area contributed by atoms with Gasteiger partial charge >= 0.3 is 0 Å². The predicted octanol–water partition coefficient (Wildman–Crippen LogP) is 2.08. The zero-order valence-electron chi connectivity index (χ0n) is 8.69. The average Bonchev–Trinajstić information content (AvgIpc) is 2.65. The minimum Gasteiger partial charge on any atom is -0.461 e. The molecule has 1 rings (SSSR count). The molecule has 14 heavy (non-hydrogen) atoms. The van der Waals surface area contributed by atoms with Crippen molar-refractivity contribution in [3.05, 3.63) is 24.2 Å². The topological polar surface area (TPSA) is 56.2 Å². The van der Waals surface area contributed by atoms with E-state index in [1.54, 1.807) is 12.1 Å². The highest BCUT2D eigenvalue weighted by molar-refractivity contribution is 5.95. The highest BCUT2D eigenvalue weighted by Crippen LogP contribution is 2.16. The maximum Gasteiger partial charge on any atom is 0.202 e. The van der Waals surface area contributed by atoms with Gasteiger partial charge in [0.25, 0.3) is 0 Å². The van der Waals surface area contributed by atoms with Crippen LogP contribution in [0.2, 0.25) is 0 Å². The van der Waals surface area contributed by atoms with Gasteiger partial charge in [-0.15, -0.1) is 0 Å². The summed E-state index contributed by atoms with van der Waals surface area (Å²) in [6.45, 7) is 4.55. The zero-order valence-corrected chi connectivity index (χ0v) is 8.69. The Balaban J connectivity index is 2.66. The lowest BCUT2D eigenvalue weighted by Crippen LogP contribution is -2.25. The van der Waals surface area contributed by atoms with Crippen LogP contribution in [0.15, 0.2) is 22.8 Å². The van der Waals surface area contributed by atoms with E-state index in [4.69, 9.17) is 10.2 Å². The molecule has 1 aromatic heterocycles. The van der Waals surface area contributed by atoms with E-state index in [1.807, 2.05) is 0 Å². The molecule has 78 valence electrons. The van der Waals surface area contributed by atoms with Crippen molar-refractivity contribution in [3.63, 3.8) is 0 Å². The van der Waals surface area contributed by atoms with Gasteiger partial charge in [0, 0.05) is 12.5 Å². The minimum atomic E-state index is -0.110. The second kappa shape index (κ2) is 4.96. The van der Waals surface area contributed by atoms with Crippen LogP contribution in [0.1, 0.15) is 30.8 Å². The van der Waals surface area contributed by atoms with Crippen molar-refractivity contribution in [3.8, 4) is 0 Å². The fourth-order valence-corrected chi connectivity index (χ4v) is 1.50. The summed E-state index contributed by atoms with van der Waals surface area (Å²) < 4.78 is 5.05. The van der Waals surface area contributed by atoms with E-state index in [-0.39, 0.29) is 11.7 Å². The van der Waals surface area contributed by atoms with Gasteiger partial charge in [0.2, 0.25) is 5.78 Å². The highest BCUT2D eigenvalue weighted by Gasteiger charge is 2.21. The standard InChI is InChI=1S/C11H17NO2/c1-8(2)6-9(7-12)11(13)10-4-3-5-14-10/h3-5,8-9H,6-7,12H2,1-2H3. The molecule has 0 radical (unpaired) electrons. The molecule has 0 aliphatic heterocycles. The third-order valence-corrected chi connectivity index (χ3v) is 2.18. The van der Waals surface area contributed by atoms with Crippen LogP contribution in [0.25, 0.3) is 0 Å². The molecule has 0 aliphatic rings. The highest BCUT2D eigenvalue weighted by atomic mass is 16.3. The quantitative estimate of drug-likeness (QED) is 0.732. The molecule has 3 heteroatoms. The summed E-state index contributed by atoms with van der Waals surface area (Å²) in [6.07, 6.45) is 2.33. The minimum absolute atomic E-state index is 0.0196. The van der Waals surface area contributed by atoms with Crippen LogP contribution >= 0.6 is 0 Å². The summed E-state index contributed by atoms with van der Waals surface area (Å²) in [7, 11) is 0. The Morgan fingerprint density at radius 2 is 2.29 bits per heavy atom. The molecule has 3 nitrogen and oxygen atoms in total. The van der Waals surface area contributed by atoms with Gasteiger partial charge in [-0.25, -0.2) is 0 Å². The van der Waals surface area contributed by atoms with E-state index >= 15 is 0 Å². The fourth-order valence-electron chi connectivity index (χ4n) is 1.50. The number of rotatable bonds is 5. The van der Waals surface area contributed by atoms with Gasteiger partial charge in [-0.1, -0.05) is 13.8 Å². The Bertz CT molecular complexity index is 277. The molecule has 1 heterocycles. The normalized spacial score (nSPS) is 13.1. The van der Waals surface area contributed by atoms with Gasteiger partial charge in [0.05, 0.1) is 6.26 Å². The number of nitrogens with two attached hydrogens (primary N) is 1. The lowest BCUT2D eigenvalue weighted by Gasteiger charge is -2.13. The lowest BCUT2D eigenvalue weighted by atomic mass is 9.92. The molecule has 1 aromatic rings. The molecule has 0 aromatic carbocycles. The number of carbonyl (C=O) groups is 1. The monoisotopic (exact) mass is 195 g/mol. The van der Waals surface area contributed by atoms with Crippen molar-refractivity contribution in [2.24, 2.45) is 17.6 Å². The third-order valence-electron chi connectivity index (χ3n) is 2.18. The van der Waals surface area contributed by atoms with Crippen molar-refractivity contribution < 1.29 is 9.21 Å². The molecule has 0 spiro atoms. The number of hydrogen-bond acceptors (Lipinski definition) is 3. The van der Waals surface area contributed by atoms with Crippen LogP contribution in [0, 0.1) is 11.8 Å². The Hall–Kier alpha value is -1.09. The number of Topliss-reactive ketones (excluding diaryl/α,β-unsaturated/α-hetero) is 1. The first-order chi connectivity index (χ1) is 6.65. The van der Waals surface area contributed by atoms with E-state index in [9.17, 15) is 4.79 Å². The maximum atomic E-state index is 11.8. The van der Waals surface area contributed by atoms with Gasteiger partial charge in [0.1, 0.15) is 0 Å². The van der Waals surface area contributed by atoms with E-state index in [1.165, 1.54) is 6.26 Å². The smallest absolute Gasteiger partial charge is 0.202 e. The van der Waals surface area contributed by atoms with Gasteiger partial charge in [-0.2, -0.15) is 0 Å². The Morgan fingerprint density at radius 3 is 2.71 bits per heavy atom. The number of carbonyl (C=O) groups excluding carboxylic acids is 1. The van der Waals surface area contributed by atoms with Crippen LogP contribution < -0.4 is 5.73 Å². The molecule has 0 bridgehead atoms. The SMILES string of the molecule is CC(C)CC(CN)C(=O)c1ccco1. The fraction of sp³-hybridized carbons (Fsp3) is 0.545. The first-order valence-corrected chi connectivity index (χ1v) is 4.93. The van der Waals surface area contributed by atoms with Crippen molar-refractivity contribution in [2.75, 3.05) is 6.54 Å². The van der Waals surface area contributed by atoms with Gasteiger partial charge in [0.15, 0.2) is 5.76 Å². The molecule has 0 amide bonds. The van der Waals surface area contributed by atoms with Crippen LogP contribution in [0.3, 0.4) is 0 Å². The second-order valence-electron chi connectivity index (χ2n) is 3.90. The maximum absolute atomic E-state index is 11.8. The number of ketones is 1. The Morgan fingerprint density at radius 1 is 1.57 bits per heavy atom. The number of hydrogen-bond donors (Lipinski definition) is 1. The largest absolute Gasteiger partial charge is 0.461 e. The van der Waals surface area contributed by atoms with Gasteiger partial charge in [-0.05, 0) is 24.5 Å². The first kappa shape index (κ1) is 11.0. The van der Waals surface area contributed by atoms with Crippen molar-refractivity contribution in [2.45, 2.75) is 20.3 Å². The van der Waals surface area contributed by atoms with E-state index in [0.29, 0.717) is 18.2 Å². The van der Waals surface area contributed by atoms with E-state index < -0.39 is 0 Å². The zero-order chi connectivity index (χ0) is 10.6. The summed E-state index contributed by atoms with van der Waals surface area (Å²) in [5.41, 5.74) is 5.57. The molecular weight excluding hydrogens is 178 g/mol. The van der Waals surface area contributed by atoms with Crippen LogP contribution in [0.4, 0.5) is 0 Å². The Kier molecular flexibility index (Phi) is 3.89. The molecular formula is C11H17NO2. The summed E-state index contributed by atoms with van der Waals surface area (Å²) in [5.74, 6) is 0.802. The van der Waals surface area contributed by atoms with E-state index in [0.717, 1.165) is 6.42 Å². The molecule has 0 aliphatic carbocycles. The van der Waals surface area contributed by atoms with Crippen molar-refractivity contribution in [1.82, 2.24) is 0 Å². The summed E-state index contributed by atoms with van der Waals surface area (Å²) in [6, 6.07) is 3.40. The summed E-state index contributed by atoms with van der Waals surface area (Å²) in [4.78, 5) is 11.8. The van der Waals surface area contributed by atoms with Gasteiger partial charge in [-0.3, -0.25) is 4.79 Å². The van der Waals surface area contributed by atoms with Crippen LogP contribution in [0.5, 0.6) is 0 Å². The predicted molar refractivity (Wildman–Crippen MR) is 55.0 cm³/mol. The van der Waals surface area contributed by atoms with E-state index in [2.05, 4.69) is 13.8 Å². The Labute approximate surface area is 84.3 Å². The average molecular weight is 195 g/mol. The van der Waals surface area contributed by atoms with Gasteiger partial charge < -0.3 is 10.2 Å². The molecule has 0 saturated carbocycles. The first-order valence-electron chi connectivity index (χ1n) is 4.93. The van der Waals surface area contributed by atoms with Crippen LogP contribution in [-0.2, 0) is 0 Å². The summed E-state index contributed by atoms with van der Waals surface area (Å²) in [5, 5.41) is 0. The van der Waals surface area contributed by atoms with Crippen LogP contribution in [-0.4, -0.2) is 12.3 Å². The lowest BCUT2D eigenvalue weighted by molar-refractivity contribution is 0.0880.